The highest BCUT2D eigenvalue weighted by atomic mass is 16.6. The monoisotopic (exact) mass is 300 g/mol. The van der Waals surface area contributed by atoms with E-state index >= 15 is 0 Å². The molecule has 1 saturated carbocycles. The minimum absolute atomic E-state index is 0.228. The summed E-state index contributed by atoms with van der Waals surface area (Å²) in [4.78, 5) is 11.7. The third-order valence-corrected chi connectivity index (χ3v) is 3.67. The van der Waals surface area contributed by atoms with Gasteiger partial charge in [-0.1, -0.05) is 12.8 Å². The average Bonchev–Trinajstić information content (AvgIpc) is 2.78. The summed E-state index contributed by atoms with van der Waals surface area (Å²) in [6, 6.07) is 0.731. The zero-order valence-corrected chi connectivity index (χ0v) is 13.8. The van der Waals surface area contributed by atoms with E-state index in [4.69, 9.17) is 9.84 Å². The number of hydrogen-bond acceptors (Lipinski definition) is 4. The van der Waals surface area contributed by atoms with Crippen LogP contribution in [0.2, 0.25) is 0 Å². The van der Waals surface area contributed by atoms with Crippen LogP contribution in [0.25, 0.3) is 0 Å². The zero-order chi connectivity index (χ0) is 15.7. The normalized spacial score (nSPS) is 22.3. The Labute approximate surface area is 128 Å². The predicted molar refractivity (Wildman–Crippen MR) is 84.4 cm³/mol. The van der Waals surface area contributed by atoms with E-state index in [1.165, 1.54) is 6.42 Å². The highest BCUT2D eigenvalue weighted by Gasteiger charge is 2.27. The zero-order valence-electron chi connectivity index (χ0n) is 13.8. The molecule has 0 bridgehead atoms. The van der Waals surface area contributed by atoms with Gasteiger partial charge in [0.05, 0.1) is 0 Å². The van der Waals surface area contributed by atoms with Crippen molar-refractivity contribution >= 4 is 6.09 Å². The lowest BCUT2D eigenvalue weighted by molar-refractivity contribution is 0.0505. The van der Waals surface area contributed by atoms with Crippen LogP contribution in [0.5, 0.6) is 0 Å². The molecule has 0 aromatic heterocycles. The summed E-state index contributed by atoms with van der Waals surface area (Å²) in [5.74, 6) is 0. The largest absolute Gasteiger partial charge is 0.444 e. The summed E-state index contributed by atoms with van der Waals surface area (Å²) in [6.07, 6.45) is 7.13. The molecule has 1 rings (SSSR count). The lowest BCUT2D eigenvalue weighted by Crippen LogP contribution is -2.39. The molecule has 0 aliphatic heterocycles. The Kier molecular flexibility index (Phi) is 8.04. The molecule has 0 aromatic carbocycles. The van der Waals surface area contributed by atoms with Gasteiger partial charge in [-0.05, 0) is 59.4 Å². The minimum Gasteiger partial charge on any atom is -0.444 e. The lowest BCUT2D eigenvalue weighted by atomic mass is 10.2. The highest BCUT2D eigenvalue weighted by molar-refractivity contribution is 5.68. The van der Waals surface area contributed by atoms with Gasteiger partial charge in [-0.15, -0.1) is 0 Å². The van der Waals surface area contributed by atoms with Crippen LogP contribution in [0, 0.1) is 0 Å². The van der Waals surface area contributed by atoms with Gasteiger partial charge in [0.1, 0.15) is 5.60 Å². The summed E-state index contributed by atoms with van der Waals surface area (Å²) >= 11 is 0. The highest BCUT2D eigenvalue weighted by Crippen LogP contribution is 2.20. The first-order valence-corrected chi connectivity index (χ1v) is 8.24. The third-order valence-electron chi connectivity index (χ3n) is 3.67. The van der Waals surface area contributed by atoms with E-state index in [2.05, 4.69) is 10.6 Å². The number of carbonyl (C=O) groups excluding carboxylic acids is 1. The van der Waals surface area contributed by atoms with Crippen molar-refractivity contribution in [3.05, 3.63) is 0 Å². The average molecular weight is 300 g/mol. The Morgan fingerprint density at radius 3 is 2.48 bits per heavy atom. The summed E-state index contributed by atoms with van der Waals surface area (Å²) < 4.78 is 5.28. The van der Waals surface area contributed by atoms with E-state index in [-0.39, 0.29) is 12.1 Å². The fourth-order valence-electron chi connectivity index (χ4n) is 2.67. The number of rotatable bonds is 8. The molecule has 0 aromatic rings. The Morgan fingerprint density at radius 1 is 1.14 bits per heavy atom. The van der Waals surface area contributed by atoms with Gasteiger partial charge in [0, 0.05) is 18.7 Å². The van der Waals surface area contributed by atoms with Crippen molar-refractivity contribution in [2.45, 2.75) is 83.4 Å². The van der Waals surface area contributed by atoms with E-state index in [1.54, 1.807) is 0 Å². The smallest absolute Gasteiger partial charge is 0.407 e. The fraction of sp³-hybridized carbons (Fsp3) is 0.938. The number of unbranched alkanes of at least 4 members (excludes halogenated alkanes) is 3. The second kappa shape index (κ2) is 9.26. The maximum Gasteiger partial charge on any atom is 0.407 e. The van der Waals surface area contributed by atoms with Gasteiger partial charge < -0.3 is 20.5 Å². The van der Waals surface area contributed by atoms with Gasteiger partial charge in [-0.2, -0.15) is 0 Å². The number of ether oxygens (including phenoxy) is 1. The molecular weight excluding hydrogens is 268 g/mol. The summed E-state index contributed by atoms with van der Waals surface area (Å²) in [6.45, 7) is 6.95. The number of aliphatic hydroxyl groups excluding tert-OH is 1. The SMILES string of the molecule is CC(C)(C)OC(=O)NC1CCC(NCCCCCCO)C1. The van der Waals surface area contributed by atoms with Crippen molar-refractivity contribution in [2.75, 3.05) is 13.2 Å². The first kappa shape index (κ1) is 18.2. The number of amides is 1. The number of aliphatic hydroxyl groups is 1. The number of alkyl carbamates (subject to hydrolysis) is 1. The van der Waals surface area contributed by atoms with Gasteiger partial charge in [0.15, 0.2) is 0 Å². The van der Waals surface area contributed by atoms with Crippen LogP contribution in [-0.2, 0) is 4.74 Å². The molecule has 0 spiro atoms. The number of hydrogen-bond donors (Lipinski definition) is 3. The van der Waals surface area contributed by atoms with Gasteiger partial charge in [-0.25, -0.2) is 4.79 Å². The van der Waals surface area contributed by atoms with Crippen molar-refractivity contribution in [3.63, 3.8) is 0 Å². The minimum atomic E-state index is -0.436. The summed E-state index contributed by atoms with van der Waals surface area (Å²) in [5.41, 5.74) is -0.436. The van der Waals surface area contributed by atoms with Crippen molar-refractivity contribution < 1.29 is 14.6 Å². The lowest BCUT2D eigenvalue weighted by Gasteiger charge is -2.21. The molecule has 0 heterocycles. The van der Waals surface area contributed by atoms with Crippen LogP contribution in [0.4, 0.5) is 4.79 Å². The van der Waals surface area contributed by atoms with Crippen LogP contribution in [0.1, 0.15) is 65.7 Å². The molecule has 1 amide bonds. The molecule has 3 N–H and O–H groups in total. The maximum atomic E-state index is 11.7. The van der Waals surface area contributed by atoms with Crippen LogP contribution in [0.15, 0.2) is 0 Å². The number of carbonyl (C=O) groups is 1. The van der Waals surface area contributed by atoms with E-state index < -0.39 is 5.60 Å². The molecule has 1 aliphatic carbocycles. The van der Waals surface area contributed by atoms with Gasteiger partial charge in [0.2, 0.25) is 0 Å². The molecule has 0 radical (unpaired) electrons. The van der Waals surface area contributed by atoms with Crippen LogP contribution in [0.3, 0.4) is 0 Å². The molecule has 21 heavy (non-hydrogen) atoms. The van der Waals surface area contributed by atoms with E-state index in [1.807, 2.05) is 20.8 Å². The Bertz CT molecular complexity index is 302. The van der Waals surface area contributed by atoms with Gasteiger partial charge in [-0.3, -0.25) is 0 Å². The fourth-order valence-corrected chi connectivity index (χ4v) is 2.67. The second-order valence-corrected chi connectivity index (χ2v) is 6.95. The predicted octanol–water partition coefficient (Wildman–Crippen LogP) is 2.57. The van der Waals surface area contributed by atoms with E-state index in [0.717, 1.165) is 45.1 Å². The van der Waals surface area contributed by atoms with E-state index in [9.17, 15) is 4.79 Å². The van der Waals surface area contributed by atoms with Crippen LogP contribution in [-0.4, -0.2) is 42.0 Å². The number of nitrogens with one attached hydrogen (secondary N) is 2. The molecule has 2 unspecified atom stereocenters. The second-order valence-electron chi connectivity index (χ2n) is 6.95. The van der Waals surface area contributed by atoms with Gasteiger partial charge >= 0.3 is 6.09 Å². The standard InChI is InChI=1S/C16H32N2O3/c1-16(2,3)21-15(20)18-14-9-8-13(12-14)17-10-6-4-5-7-11-19/h13-14,17,19H,4-12H2,1-3H3,(H,18,20). The molecule has 1 fully saturated rings. The summed E-state index contributed by atoms with van der Waals surface area (Å²) in [5, 5.41) is 15.2. The molecule has 5 nitrogen and oxygen atoms in total. The first-order chi connectivity index (χ1) is 9.90. The van der Waals surface area contributed by atoms with Crippen LogP contribution < -0.4 is 10.6 Å². The topological polar surface area (TPSA) is 70.6 Å². The van der Waals surface area contributed by atoms with Crippen molar-refractivity contribution in [1.82, 2.24) is 10.6 Å². The maximum absolute atomic E-state index is 11.7. The molecule has 0 saturated heterocycles. The van der Waals surface area contributed by atoms with Crippen molar-refractivity contribution in [2.24, 2.45) is 0 Å². The Morgan fingerprint density at radius 2 is 1.81 bits per heavy atom. The third kappa shape index (κ3) is 8.94. The first-order valence-electron chi connectivity index (χ1n) is 8.24. The summed E-state index contributed by atoms with van der Waals surface area (Å²) in [7, 11) is 0. The molecule has 1 aliphatic rings. The molecule has 5 heteroatoms. The van der Waals surface area contributed by atoms with Gasteiger partial charge in [0.25, 0.3) is 0 Å². The Hall–Kier alpha value is -0.810. The molecule has 124 valence electrons. The van der Waals surface area contributed by atoms with Crippen molar-refractivity contribution in [3.8, 4) is 0 Å². The Balaban J connectivity index is 2.08. The molecule has 2 atom stereocenters. The quantitative estimate of drug-likeness (QED) is 0.603. The van der Waals surface area contributed by atoms with Crippen LogP contribution >= 0.6 is 0 Å². The molecular formula is C16H32N2O3. The van der Waals surface area contributed by atoms with Crippen molar-refractivity contribution in [1.29, 1.82) is 0 Å². The van der Waals surface area contributed by atoms with E-state index in [0.29, 0.717) is 12.6 Å².